The van der Waals surface area contributed by atoms with Crippen LogP contribution in [0.5, 0.6) is 0 Å². The maximum Gasteiger partial charge on any atom is 0.101 e. The van der Waals surface area contributed by atoms with E-state index in [0.29, 0.717) is 0 Å². The molecule has 0 atom stereocenters. The molecule has 1 aliphatic heterocycles. The lowest BCUT2D eigenvalue weighted by molar-refractivity contribution is 0.200. The first-order chi connectivity index (χ1) is 12.7. The third-order valence-corrected chi connectivity index (χ3v) is 5.47. The van der Waals surface area contributed by atoms with E-state index in [-0.39, 0.29) is 0 Å². The molecule has 4 N–H and O–H groups in total. The third kappa shape index (κ3) is 2.56. The molecule has 1 heterocycles. The smallest absolute Gasteiger partial charge is 0.101 e. The minimum absolute atomic E-state index is 0.478. The molecular weight excluding hydrogens is 318 g/mol. The highest BCUT2D eigenvalue weighted by molar-refractivity contribution is 5.65. The summed E-state index contributed by atoms with van der Waals surface area (Å²) in [7, 11) is 0. The van der Waals surface area contributed by atoms with Crippen LogP contribution in [0.3, 0.4) is 0 Å². The predicted octanol–water partition coefficient (Wildman–Crippen LogP) is 4.24. The van der Waals surface area contributed by atoms with Crippen LogP contribution in [0.1, 0.15) is 29.5 Å². The van der Waals surface area contributed by atoms with Crippen LogP contribution in [0.2, 0.25) is 0 Å². The zero-order valence-corrected chi connectivity index (χ0v) is 14.9. The van der Waals surface area contributed by atoms with Gasteiger partial charge in [-0.05, 0) is 43.6 Å². The Balaban J connectivity index is 2.11. The second kappa shape index (κ2) is 6.85. The number of likely N-dealkylation sites (tertiary alicyclic amines) is 1. The lowest BCUT2D eigenvalue weighted by atomic mass is 9.74. The molecule has 3 nitrogen and oxygen atoms in total. The number of hydrogen-bond donors (Lipinski definition) is 2. The van der Waals surface area contributed by atoms with E-state index in [2.05, 4.69) is 59.5 Å². The van der Waals surface area contributed by atoms with Gasteiger partial charge in [0.15, 0.2) is 0 Å². The van der Waals surface area contributed by atoms with Crippen molar-refractivity contribution in [2.75, 3.05) is 24.6 Å². The van der Waals surface area contributed by atoms with Crippen LogP contribution in [0.4, 0.5) is 11.4 Å². The lowest BCUT2D eigenvalue weighted by Gasteiger charge is -2.44. The molecule has 3 aromatic carbocycles. The first kappa shape index (κ1) is 16.7. The molecule has 0 unspecified atom stereocenters. The van der Waals surface area contributed by atoms with Gasteiger partial charge in [0, 0.05) is 22.5 Å². The molecule has 3 heteroatoms. The Labute approximate surface area is 155 Å². The van der Waals surface area contributed by atoms with Gasteiger partial charge in [-0.25, -0.2) is 0 Å². The maximum atomic E-state index is 6.53. The molecule has 132 valence electrons. The van der Waals surface area contributed by atoms with Gasteiger partial charge in [0.1, 0.15) is 5.54 Å². The zero-order valence-electron chi connectivity index (χ0n) is 14.9. The Morgan fingerprint density at radius 1 is 0.615 bits per heavy atom. The molecule has 0 aliphatic carbocycles. The standard InChI is InChI=1S/C23H25N3/c24-21-14-6-4-12-19(21)23(26-16-8-9-17-26,18-10-2-1-3-11-18)20-13-5-7-15-22(20)25/h1-7,10-15H,8-9,16-17,24-25H2. The molecule has 0 amide bonds. The Bertz CT molecular complexity index is 837. The van der Waals surface area contributed by atoms with E-state index in [1.165, 1.54) is 18.4 Å². The van der Waals surface area contributed by atoms with Crippen molar-refractivity contribution in [3.63, 3.8) is 0 Å². The van der Waals surface area contributed by atoms with E-state index in [1.807, 2.05) is 24.3 Å². The number of hydrogen-bond acceptors (Lipinski definition) is 3. The average molecular weight is 343 g/mol. The fraction of sp³-hybridized carbons (Fsp3) is 0.217. The summed E-state index contributed by atoms with van der Waals surface area (Å²) in [6.07, 6.45) is 2.38. The maximum absolute atomic E-state index is 6.53. The topological polar surface area (TPSA) is 55.3 Å². The largest absolute Gasteiger partial charge is 0.398 e. The molecule has 3 aromatic rings. The van der Waals surface area contributed by atoms with Gasteiger partial charge in [-0.2, -0.15) is 0 Å². The van der Waals surface area contributed by atoms with Gasteiger partial charge in [0.05, 0.1) is 0 Å². The highest BCUT2D eigenvalue weighted by Crippen LogP contribution is 2.47. The normalized spacial score (nSPS) is 15.2. The minimum atomic E-state index is -0.478. The van der Waals surface area contributed by atoms with Gasteiger partial charge in [-0.1, -0.05) is 66.7 Å². The van der Waals surface area contributed by atoms with Gasteiger partial charge < -0.3 is 11.5 Å². The predicted molar refractivity (Wildman–Crippen MR) is 109 cm³/mol. The Morgan fingerprint density at radius 2 is 1.08 bits per heavy atom. The molecule has 0 bridgehead atoms. The summed E-state index contributed by atoms with van der Waals surface area (Å²) >= 11 is 0. The fourth-order valence-corrected chi connectivity index (χ4v) is 4.36. The highest BCUT2D eigenvalue weighted by Gasteiger charge is 2.45. The molecule has 0 saturated carbocycles. The van der Waals surface area contributed by atoms with Crippen LogP contribution in [0.15, 0.2) is 78.9 Å². The summed E-state index contributed by atoms with van der Waals surface area (Å²) < 4.78 is 0. The van der Waals surface area contributed by atoms with Gasteiger partial charge in [-0.3, -0.25) is 4.90 Å². The second-order valence-electron chi connectivity index (χ2n) is 6.95. The molecule has 0 spiro atoms. The van der Waals surface area contributed by atoms with E-state index < -0.39 is 5.54 Å². The molecule has 0 aromatic heterocycles. The van der Waals surface area contributed by atoms with Crippen molar-refractivity contribution in [1.82, 2.24) is 4.90 Å². The molecular formula is C23H25N3. The molecule has 1 aliphatic rings. The molecule has 0 radical (unpaired) electrons. The SMILES string of the molecule is Nc1ccccc1C(c1ccccc1)(c1ccccc1N)N1CCCC1. The Morgan fingerprint density at radius 3 is 1.58 bits per heavy atom. The number of nitrogen functional groups attached to an aromatic ring is 2. The van der Waals surface area contributed by atoms with E-state index in [0.717, 1.165) is 35.6 Å². The number of para-hydroxylation sites is 2. The van der Waals surface area contributed by atoms with Crippen molar-refractivity contribution in [3.05, 3.63) is 95.6 Å². The molecule has 1 fully saturated rings. The summed E-state index contributed by atoms with van der Waals surface area (Å²) in [5.41, 5.74) is 17.6. The van der Waals surface area contributed by atoms with Crippen molar-refractivity contribution < 1.29 is 0 Å². The van der Waals surface area contributed by atoms with E-state index in [1.54, 1.807) is 0 Å². The first-order valence-corrected chi connectivity index (χ1v) is 9.25. The van der Waals surface area contributed by atoms with Gasteiger partial charge in [-0.15, -0.1) is 0 Å². The first-order valence-electron chi connectivity index (χ1n) is 9.25. The fourth-order valence-electron chi connectivity index (χ4n) is 4.36. The quantitative estimate of drug-likeness (QED) is 0.550. The van der Waals surface area contributed by atoms with Crippen LogP contribution in [-0.2, 0) is 5.54 Å². The van der Waals surface area contributed by atoms with Gasteiger partial charge in [0.2, 0.25) is 0 Å². The summed E-state index contributed by atoms with van der Waals surface area (Å²) in [5.74, 6) is 0. The summed E-state index contributed by atoms with van der Waals surface area (Å²) in [5, 5.41) is 0. The summed E-state index contributed by atoms with van der Waals surface area (Å²) in [4.78, 5) is 2.54. The van der Waals surface area contributed by atoms with E-state index >= 15 is 0 Å². The third-order valence-electron chi connectivity index (χ3n) is 5.47. The van der Waals surface area contributed by atoms with Gasteiger partial charge in [0.25, 0.3) is 0 Å². The Kier molecular flexibility index (Phi) is 4.39. The van der Waals surface area contributed by atoms with Crippen molar-refractivity contribution in [1.29, 1.82) is 0 Å². The van der Waals surface area contributed by atoms with E-state index in [9.17, 15) is 0 Å². The number of anilines is 2. The van der Waals surface area contributed by atoms with Crippen molar-refractivity contribution in [2.24, 2.45) is 0 Å². The van der Waals surface area contributed by atoms with Crippen molar-refractivity contribution in [3.8, 4) is 0 Å². The van der Waals surface area contributed by atoms with Crippen molar-refractivity contribution >= 4 is 11.4 Å². The van der Waals surface area contributed by atoms with Crippen LogP contribution in [0, 0.1) is 0 Å². The average Bonchev–Trinajstić information content (AvgIpc) is 3.21. The summed E-state index contributed by atoms with van der Waals surface area (Å²) in [6, 6.07) is 27.0. The monoisotopic (exact) mass is 343 g/mol. The zero-order chi connectivity index (χ0) is 18.0. The van der Waals surface area contributed by atoms with Crippen LogP contribution in [-0.4, -0.2) is 18.0 Å². The Hall–Kier alpha value is -2.78. The van der Waals surface area contributed by atoms with Gasteiger partial charge >= 0.3 is 0 Å². The second-order valence-corrected chi connectivity index (χ2v) is 6.95. The van der Waals surface area contributed by atoms with Crippen LogP contribution in [0.25, 0.3) is 0 Å². The summed E-state index contributed by atoms with van der Waals surface area (Å²) in [6.45, 7) is 2.05. The van der Waals surface area contributed by atoms with Crippen LogP contribution >= 0.6 is 0 Å². The number of benzene rings is 3. The molecule has 26 heavy (non-hydrogen) atoms. The van der Waals surface area contributed by atoms with Crippen molar-refractivity contribution in [2.45, 2.75) is 18.4 Å². The number of nitrogens with two attached hydrogens (primary N) is 2. The highest BCUT2D eigenvalue weighted by atomic mass is 15.2. The molecule has 1 saturated heterocycles. The molecule has 4 rings (SSSR count). The number of nitrogens with zero attached hydrogens (tertiary/aromatic N) is 1. The number of rotatable bonds is 4. The van der Waals surface area contributed by atoms with E-state index in [4.69, 9.17) is 11.5 Å². The van der Waals surface area contributed by atoms with Crippen LogP contribution < -0.4 is 11.5 Å². The lowest BCUT2D eigenvalue weighted by Crippen LogP contribution is -2.47. The minimum Gasteiger partial charge on any atom is -0.398 e.